The van der Waals surface area contributed by atoms with Gasteiger partial charge in [-0.2, -0.15) is 0 Å². The molecule has 0 aromatic carbocycles. The largest absolute Gasteiger partial charge is 0.346 e. The van der Waals surface area contributed by atoms with Crippen LogP contribution in [0.4, 0.5) is 0 Å². The van der Waals surface area contributed by atoms with Crippen LogP contribution in [0.2, 0.25) is 0 Å². The first-order valence-electron chi connectivity index (χ1n) is 7.18. The van der Waals surface area contributed by atoms with Gasteiger partial charge in [0.2, 0.25) is 0 Å². The van der Waals surface area contributed by atoms with Gasteiger partial charge in [0.15, 0.2) is 11.9 Å². The molecule has 0 aromatic heterocycles. The molecular formula is C13H26N6. The van der Waals surface area contributed by atoms with Crippen LogP contribution in [0.1, 0.15) is 13.3 Å². The lowest BCUT2D eigenvalue weighted by atomic mass is 10.3. The molecule has 6 nitrogen and oxygen atoms in total. The van der Waals surface area contributed by atoms with Gasteiger partial charge in [0.05, 0.1) is 0 Å². The van der Waals surface area contributed by atoms with Crippen LogP contribution in [0.3, 0.4) is 0 Å². The summed E-state index contributed by atoms with van der Waals surface area (Å²) in [6, 6.07) is 0. The van der Waals surface area contributed by atoms with Crippen LogP contribution in [0.15, 0.2) is 4.99 Å². The standard InChI is InChI=1S/C13H26N6/c1-4-18-10-11-19(12(18)14)9-8-17(3)13-15-6-5-7-16(13)2/h14H,4-11H2,1-3H3. The molecule has 0 aromatic rings. The summed E-state index contributed by atoms with van der Waals surface area (Å²) in [6.45, 7) is 8.85. The number of guanidine groups is 2. The highest BCUT2D eigenvalue weighted by Gasteiger charge is 2.24. The Hall–Kier alpha value is -1.46. The highest BCUT2D eigenvalue weighted by Crippen LogP contribution is 2.08. The molecule has 2 rings (SSSR count). The van der Waals surface area contributed by atoms with E-state index in [0.717, 1.165) is 58.2 Å². The van der Waals surface area contributed by atoms with Gasteiger partial charge in [-0.05, 0) is 13.3 Å². The molecule has 0 aliphatic carbocycles. The summed E-state index contributed by atoms with van der Waals surface area (Å²) in [4.78, 5) is 13.3. The van der Waals surface area contributed by atoms with E-state index in [4.69, 9.17) is 5.41 Å². The first-order valence-corrected chi connectivity index (χ1v) is 7.18. The van der Waals surface area contributed by atoms with Gasteiger partial charge in [0.25, 0.3) is 0 Å². The zero-order chi connectivity index (χ0) is 13.8. The molecule has 0 bridgehead atoms. The number of hydrogen-bond acceptors (Lipinski definition) is 4. The van der Waals surface area contributed by atoms with Crippen molar-refractivity contribution in [3.05, 3.63) is 0 Å². The van der Waals surface area contributed by atoms with Crippen molar-refractivity contribution in [2.45, 2.75) is 13.3 Å². The maximum absolute atomic E-state index is 8.08. The minimum absolute atomic E-state index is 0.676. The summed E-state index contributed by atoms with van der Waals surface area (Å²) in [5, 5.41) is 8.08. The molecular weight excluding hydrogens is 240 g/mol. The van der Waals surface area contributed by atoms with Crippen LogP contribution >= 0.6 is 0 Å². The van der Waals surface area contributed by atoms with Crippen molar-refractivity contribution in [1.82, 2.24) is 19.6 Å². The minimum atomic E-state index is 0.676. The average molecular weight is 266 g/mol. The number of likely N-dealkylation sites (N-methyl/N-ethyl adjacent to an activating group) is 2. The molecule has 0 atom stereocenters. The number of hydrogen-bond donors (Lipinski definition) is 1. The lowest BCUT2D eigenvalue weighted by Crippen LogP contribution is -2.46. The summed E-state index contributed by atoms with van der Waals surface area (Å²) < 4.78 is 0. The maximum Gasteiger partial charge on any atom is 0.196 e. The van der Waals surface area contributed by atoms with E-state index in [0.29, 0.717) is 5.96 Å². The summed E-state index contributed by atoms with van der Waals surface area (Å²) in [5.74, 6) is 1.76. The third-order valence-corrected chi connectivity index (χ3v) is 3.91. The van der Waals surface area contributed by atoms with E-state index in [-0.39, 0.29) is 0 Å². The van der Waals surface area contributed by atoms with E-state index in [9.17, 15) is 0 Å². The second-order valence-corrected chi connectivity index (χ2v) is 5.27. The lowest BCUT2D eigenvalue weighted by molar-refractivity contribution is 0.335. The zero-order valence-corrected chi connectivity index (χ0v) is 12.4. The van der Waals surface area contributed by atoms with Gasteiger partial charge in [-0.15, -0.1) is 0 Å². The molecule has 0 saturated carbocycles. The van der Waals surface area contributed by atoms with Crippen LogP contribution in [0, 0.1) is 5.41 Å². The Morgan fingerprint density at radius 2 is 2.00 bits per heavy atom. The molecule has 0 unspecified atom stereocenters. The molecule has 0 spiro atoms. The lowest BCUT2D eigenvalue weighted by Gasteiger charge is -2.33. The Morgan fingerprint density at radius 3 is 2.63 bits per heavy atom. The molecule has 6 heteroatoms. The third-order valence-electron chi connectivity index (χ3n) is 3.91. The van der Waals surface area contributed by atoms with E-state index >= 15 is 0 Å². The number of nitrogens with one attached hydrogen (secondary N) is 1. The molecule has 19 heavy (non-hydrogen) atoms. The van der Waals surface area contributed by atoms with Crippen LogP contribution in [-0.4, -0.2) is 91.4 Å². The van der Waals surface area contributed by atoms with Gasteiger partial charge in [0.1, 0.15) is 0 Å². The highest BCUT2D eigenvalue weighted by molar-refractivity contribution is 5.81. The van der Waals surface area contributed by atoms with Crippen LogP contribution in [0.25, 0.3) is 0 Å². The monoisotopic (exact) mass is 266 g/mol. The van der Waals surface area contributed by atoms with Crippen molar-refractivity contribution in [3.8, 4) is 0 Å². The van der Waals surface area contributed by atoms with Gasteiger partial charge in [-0.3, -0.25) is 10.4 Å². The molecule has 2 heterocycles. The third kappa shape index (κ3) is 3.11. The Balaban J connectivity index is 1.82. The SMILES string of the molecule is CCN1CCN(CCN(C)C2=NCCCN2C)C1=N. The van der Waals surface area contributed by atoms with Crippen molar-refractivity contribution in [2.75, 3.05) is 59.9 Å². The predicted octanol–water partition coefficient (Wildman–Crippen LogP) is 0.182. The van der Waals surface area contributed by atoms with Gasteiger partial charge in [0, 0.05) is 59.9 Å². The second kappa shape index (κ2) is 6.12. The van der Waals surface area contributed by atoms with Crippen molar-refractivity contribution >= 4 is 11.9 Å². The summed E-state index contributed by atoms with van der Waals surface area (Å²) in [5.41, 5.74) is 0. The van der Waals surface area contributed by atoms with E-state index in [1.807, 2.05) is 0 Å². The quantitative estimate of drug-likeness (QED) is 0.789. The molecule has 2 aliphatic heterocycles. The normalized spacial score (nSPS) is 20.1. The minimum Gasteiger partial charge on any atom is -0.346 e. The number of nitrogens with zero attached hydrogens (tertiary/aromatic N) is 5. The fraction of sp³-hybridized carbons (Fsp3) is 0.846. The van der Waals surface area contributed by atoms with Gasteiger partial charge < -0.3 is 19.6 Å². The van der Waals surface area contributed by atoms with E-state index in [1.54, 1.807) is 0 Å². The predicted molar refractivity (Wildman–Crippen MR) is 78.7 cm³/mol. The topological polar surface area (TPSA) is 49.2 Å². The fourth-order valence-electron chi connectivity index (χ4n) is 2.67. The Morgan fingerprint density at radius 1 is 1.26 bits per heavy atom. The molecule has 1 fully saturated rings. The summed E-state index contributed by atoms with van der Waals surface area (Å²) in [7, 11) is 4.20. The van der Waals surface area contributed by atoms with Crippen molar-refractivity contribution in [3.63, 3.8) is 0 Å². The van der Waals surface area contributed by atoms with Gasteiger partial charge >= 0.3 is 0 Å². The molecule has 108 valence electrons. The van der Waals surface area contributed by atoms with Crippen LogP contribution in [-0.2, 0) is 0 Å². The van der Waals surface area contributed by atoms with E-state index < -0.39 is 0 Å². The zero-order valence-electron chi connectivity index (χ0n) is 12.4. The Labute approximate surface area is 116 Å². The molecule has 0 amide bonds. The van der Waals surface area contributed by atoms with Crippen LogP contribution < -0.4 is 0 Å². The number of rotatable bonds is 4. The fourth-order valence-corrected chi connectivity index (χ4v) is 2.67. The van der Waals surface area contributed by atoms with Gasteiger partial charge in [-0.25, -0.2) is 0 Å². The second-order valence-electron chi connectivity index (χ2n) is 5.27. The van der Waals surface area contributed by atoms with E-state index in [1.165, 1.54) is 0 Å². The Kier molecular flexibility index (Phi) is 4.50. The van der Waals surface area contributed by atoms with E-state index in [2.05, 4.69) is 45.6 Å². The van der Waals surface area contributed by atoms with Crippen LogP contribution in [0.5, 0.6) is 0 Å². The highest BCUT2D eigenvalue weighted by atomic mass is 15.4. The van der Waals surface area contributed by atoms with Crippen molar-refractivity contribution in [2.24, 2.45) is 4.99 Å². The molecule has 1 N–H and O–H groups in total. The Bertz CT molecular complexity index is 353. The molecule has 1 saturated heterocycles. The summed E-state index contributed by atoms with van der Waals surface area (Å²) in [6.07, 6.45) is 1.15. The number of aliphatic imine (C=N–C) groups is 1. The maximum atomic E-state index is 8.08. The molecule has 2 aliphatic rings. The van der Waals surface area contributed by atoms with Gasteiger partial charge in [-0.1, -0.05) is 0 Å². The first-order chi connectivity index (χ1) is 9.13. The average Bonchev–Trinajstić information content (AvgIpc) is 2.77. The first kappa shape index (κ1) is 14.0. The summed E-state index contributed by atoms with van der Waals surface area (Å²) >= 11 is 0. The smallest absolute Gasteiger partial charge is 0.196 e. The van der Waals surface area contributed by atoms with Crippen molar-refractivity contribution < 1.29 is 0 Å². The van der Waals surface area contributed by atoms with Crippen molar-refractivity contribution in [1.29, 1.82) is 5.41 Å². The molecule has 0 radical (unpaired) electrons.